The van der Waals surface area contributed by atoms with Crippen LogP contribution < -0.4 is 5.32 Å². The van der Waals surface area contributed by atoms with Crippen molar-refractivity contribution in [3.63, 3.8) is 0 Å². The van der Waals surface area contributed by atoms with Crippen LogP contribution in [0.3, 0.4) is 0 Å². The second-order valence-corrected chi connectivity index (χ2v) is 6.99. The number of aryl methyl sites for hydroxylation is 1. The van der Waals surface area contributed by atoms with Gasteiger partial charge in [0, 0.05) is 31.6 Å². The topological polar surface area (TPSA) is 86.7 Å². The Kier molecular flexibility index (Phi) is 7.32. The van der Waals surface area contributed by atoms with E-state index in [4.69, 9.17) is 5.11 Å². The molecule has 0 spiro atoms. The summed E-state index contributed by atoms with van der Waals surface area (Å²) in [6, 6.07) is 14.1. The Labute approximate surface area is 165 Å². The minimum atomic E-state index is -0.965. The summed E-state index contributed by atoms with van der Waals surface area (Å²) in [6.07, 6.45) is 0.839. The Morgan fingerprint density at radius 1 is 0.964 bits per heavy atom. The van der Waals surface area contributed by atoms with Gasteiger partial charge in [0.1, 0.15) is 0 Å². The molecule has 0 aliphatic heterocycles. The Bertz CT molecular complexity index is 827. The Morgan fingerprint density at radius 3 is 2.04 bits per heavy atom. The SMILES string of the molecule is CC(=O)N(Cc1ccc(NC(=O)CCc2ccc(C(=O)O)cc2)cc1)C(C)C. The largest absolute Gasteiger partial charge is 0.478 e. The van der Waals surface area contributed by atoms with E-state index in [0.717, 1.165) is 11.1 Å². The van der Waals surface area contributed by atoms with Crippen LogP contribution in [-0.4, -0.2) is 33.8 Å². The molecule has 28 heavy (non-hydrogen) atoms. The molecule has 6 heteroatoms. The van der Waals surface area contributed by atoms with Crippen LogP contribution >= 0.6 is 0 Å². The first-order valence-electron chi connectivity index (χ1n) is 9.24. The lowest BCUT2D eigenvalue weighted by molar-refractivity contribution is -0.131. The van der Waals surface area contributed by atoms with Crippen molar-refractivity contribution in [1.29, 1.82) is 0 Å². The molecule has 2 rings (SSSR count). The minimum Gasteiger partial charge on any atom is -0.478 e. The third kappa shape index (κ3) is 6.23. The van der Waals surface area contributed by atoms with Gasteiger partial charge >= 0.3 is 5.97 Å². The number of carbonyl (C=O) groups is 3. The van der Waals surface area contributed by atoms with Gasteiger partial charge < -0.3 is 15.3 Å². The fourth-order valence-corrected chi connectivity index (χ4v) is 2.84. The summed E-state index contributed by atoms with van der Waals surface area (Å²) in [4.78, 5) is 36.5. The zero-order chi connectivity index (χ0) is 20.7. The predicted molar refractivity (Wildman–Crippen MR) is 108 cm³/mol. The summed E-state index contributed by atoms with van der Waals surface area (Å²) in [5.74, 6) is -1.04. The lowest BCUT2D eigenvalue weighted by Crippen LogP contribution is -2.34. The molecule has 0 fully saturated rings. The molecular formula is C22H26N2O4. The summed E-state index contributed by atoms with van der Waals surface area (Å²) < 4.78 is 0. The number of hydrogen-bond acceptors (Lipinski definition) is 3. The van der Waals surface area contributed by atoms with E-state index in [1.54, 1.807) is 24.0 Å². The number of carboxylic acids is 1. The second kappa shape index (κ2) is 9.69. The van der Waals surface area contributed by atoms with Crippen molar-refractivity contribution in [3.05, 3.63) is 65.2 Å². The normalized spacial score (nSPS) is 10.6. The molecule has 0 saturated heterocycles. The maximum absolute atomic E-state index is 12.1. The molecule has 0 aliphatic carbocycles. The lowest BCUT2D eigenvalue weighted by Gasteiger charge is -2.25. The molecule has 0 radical (unpaired) electrons. The fraction of sp³-hybridized carbons (Fsp3) is 0.318. The third-order valence-electron chi connectivity index (χ3n) is 4.46. The van der Waals surface area contributed by atoms with Crippen LogP contribution in [0.5, 0.6) is 0 Å². The number of hydrogen-bond donors (Lipinski definition) is 2. The van der Waals surface area contributed by atoms with E-state index in [2.05, 4.69) is 5.32 Å². The van der Waals surface area contributed by atoms with Gasteiger partial charge in [-0.1, -0.05) is 24.3 Å². The van der Waals surface area contributed by atoms with Crippen LogP contribution in [0.2, 0.25) is 0 Å². The van der Waals surface area contributed by atoms with E-state index in [-0.39, 0.29) is 23.4 Å². The molecule has 0 heterocycles. The van der Waals surface area contributed by atoms with Crippen molar-refractivity contribution < 1.29 is 19.5 Å². The number of rotatable bonds is 8. The fourth-order valence-electron chi connectivity index (χ4n) is 2.84. The lowest BCUT2D eigenvalue weighted by atomic mass is 10.1. The van der Waals surface area contributed by atoms with Crippen LogP contribution in [0.1, 0.15) is 48.7 Å². The van der Waals surface area contributed by atoms with Crippen LogP contribution in [0.15, 0.2) is 48.5 Å². The molecular weight excluding hydrogens is 356 g/mol. The number of nitrogens with zero attached hydrogens (tertiary/aromatic N) is 1. The highest BCUT2D eigenvalue weighted by molar-refractivity contribution is 5.91. The molecule has 2 aromatic carbocycles. The summed E-state index contributed by atoms with van der Waals surface area (Å²) >= 11 is 0. The van der Waals surface area contributed by atoms with Crippen molar-refractivity contribution >= 4 is 23.5 Å². The molecule has 148 valence electrons. The summed E-state index contributed by atoms with van der Waals surface area (Å²) in [6.45, 7) is 6.05. The minimum absolute atomic E-state index is 0.0313. The monoisotopic (exact) mass is 382 g/mol. The Morgan fingerprint density at radius 2 is 1.54 bits per heavy atom. The third-order valence-corrected chi connectivity index (χ3v) is 4.46. The van der Waals surface area contributed by atoms with E-state index >= 15 is 0 Å². The first-order chi connectivity index (χ1) is 13.3. The number of nitrogens with one attached hydrogen (secondary N) is 1. The second-order valence-electron chi connectivity index (χ2n) is 6.99. The molecule has 0 aromatic heterocycles. The molecule has 0 atom stereocenters. The van der Waals surface area contributed by atoms with Gasteiger partial charge in [-0.2, -0.15) is 0 Å². The average Bonchev–Trinajstić information content (AvgIpc) is 2.65. The van der Waals surface area contributed by atoms with Crippen LogP contribution in [0.25, 0.3) is 0 Å². The van der Waals surface area contributed by atoms with Crippen molar-refractivity contribution in [1.82, 2.24) is 4.90 Å². The van der Waals surface area contributed by atoms with Crippen molar-refractivity contribution in [2.24, 2.45) is 0 Å². The highest BCUT2D eigenvalue weighted by Crippen LogP contribution is 2.14. The summed E-state index contributed by atoms with van der Waals surface area (Å²) in [5, 5.41) is 11.8. The van der Waals surface area contributed by atoms with Crippen molar-refractivity contribution in [3.8, 4) is 0 Å². The van der Waals surface area contributed by atoms with E-state index in [0.29, 0.717) is 25.1 Å². The van der Waals surface area contributed by atoms with Gasteiger partial charge in [0.15, 0.2) is 0 Å². The molecule has 2 amide bonds. The predicted octanol–water partition coefficient (Wildman–Crippen LogP) is 3.71. The van der Waals surface area contributed by atoms with Gasteiger partial charge in [-0.25, -0.2) is 4.79 Å². The zero-order valence-corrected chi connectivity index (χ0v) is 16.4. The molecule has 0 aliphatic rings. The Hall–Kier alpha value is -3.15. The highest BCUT2D eigenvalue weighted by atomic mass is 16.4. The number of aromatic carboxylic acids is 1. The van der Waals surface area contributed by atoms with E-state index in [1.807, 2.05) is 38.1 Å². The first kappa shape index (κ1) is 21.2. The smallest absolute Gasteiger partial charge is 0.335 e. The highest BCUT2D eigenvalue weighted by Gasteiger charge is 2.13. The number of benzene rings is 2. The number of amides is 2. The summed E-state index contributed by atoms with van der Waals surface area (Å²) in [5.41, 5.74) is 2.84. The van der Waals surface area contributed by atoms with Crippen molar-refractivity contribution in [2.75, 3.05) is 5.32 Å². The molecule has 0 saturated carbocycles. The molecule has 0 unspecified atom stereocenters. The van der Waals surface area contributed by atoms with Gasteiger partial charge in [-0.05, 0) is 55.7 Å². The van der Waals surface area contributed by atoms with Gasteiger partial charge in [0.05, 0.1) is 5.56 Å². The molecule has 6 nitrogen and oxygen atoms in total. The Balaban J connectivity index is 1.86. The van der Waals surface area contributed by atoms with E-state index in [1.165, 1.54) is 12.1 Å². The standard InChI is InChI=1S/C22H26N2O4/c1-15(2)24(16(3)25)14-18-6-11-20(12-7-18)23-21(26)13-8-17-4-9-19(10-5-17)22(27)28/h4-7,9-12,15H,8,13-14H2,1-3H3,(H,23,26)(H,27,28). The summed E-state index contributed by atoms with van der Waals surface area (Å²) in [7, 11) is 0. The van der Waals surface area contributed by atoms with Gasteiger partial charge in [-0.3, -0.25) is 9.59 Å². The van der Waals surface area contributed by atoms with Gasteiger partial charge in [0.2, 0.25) is 11.8 Å². The van der Waals surface area contributed by atoms with Crippen LogP contribution in [0.4, 0.5) is 5.69 Å². The number of anilines is 1. The number of carboxylic acid groups (broad SMARTS) is 1. The first-order valence-corrected chi connectivity index (χ1v) is 9.24. The number of carbonyl (C=O) groups excluding carboxylic acids is 2. The van der Waals surface area contributed by atoms with Gasteiger partial charge in [0.25, 0.3) is 0 Å². The van der Waals surface area contributed by atoms with Crippen LogP contribution in [-0.2, 0) is 22.6 Å². The van der Waals surface area contributed by atoms with Gasteiger partial charge in [-0.15, -0.1) is 0 Å². The molecule has 0 bridgehead atoms. The van der Waals surface area contributed by atoms with Crippen molar-refractivity contribution in [2.45, 2.75) is 46.2 Å². The maximum atomic E-state index is 12.1. The molecule has 2 aromatic rings. The van der Waals surface area contributed by atoms with E-state index in [9.17, 15) is 14.4 Å². The maximum Gasteiger partial charge on any atom is 0.335 e. The molecule has 2 N–H and O–H groups in total. The van der Waals surface area contributed by atoms with Crippen LogP contribution in [0, 0.1) is 0 Å². The average molecular weight is 382 g/mol. The quantitative estimate of drug-likeness (QED) is 0.729. The zero-order valence-electron chi connectivity index (χ0n) is 16.4. The van der Waals surface area contributed by atoms with E-state index < -0.39 is 5.97 Å².